The first-order valence-corrected chi connectivity index (χ1v) is 7.41. The number of likely N-dealkylation sites (N-methyl/N-ethyl adjacent to an activating group) is 1. The van der Waals surface area contributed by atoms with Crippen molar-refractivity contribution in [3.05, 3.63) is 59.7 Å². The van der Waals surface area contributed by atoms with Gasteiger partial charge in [0.25, 0.3) is 0 Å². The van der Waals surface area contributed by atoms with Crippen molar-refractivity contribution in [2.24, 2.45) is 0 Å². The van der Waals surface area contributed by atoms with Crippen LogP contribution in [0.2, 0.25) is 0 Å². The molecule has 5 nitrogen and oxygen atoms in total. The number of nitrogens with one attached hydrogen (secondary N) is 1. The van der Waals surface area contributed by atoms with E-state index in [4.69, 9.17) is 0 Å². The first-order valence-electron chi connectivity index (χ1n) is 7.41. The van der Waals surface area contributed by atoms with Crippen LogP contribution in [0, 0.1) is 11.8 Å². The standard InChI is InChI=1S/C18H18N4O/c1-18(2)16(21-17(23)22(18)3)15-9-8-14(12-20-15)7-6-13-5-4-10-19-11-13/h4-5,8-12,16H,1-3H3,(H,21,23). The first kappa shape index (κ1) is 15.0. The Labute approximate surface area is 135 Å². The van der Waals surface area contributed by atoms with Gasteiger partial charge in [-0.2, -0.15) is 0 Å². The summed E-state index contributed by atoms with van der Waals surface area (Å²) in [5.41, 5.74) is 2.20. The normalized spacial score (nSPS) is 19.0. The molecule has 0 saturated carbocycles. The fourth-order valence-corrected chi connectivity index (χ4v) is 2.52. The van der Waals surface area contributed by atoms with Crippen molar-refractivity contribution >= 4 is 6.03 Å². The van der Waals surface area contributed by atoms with Gasteiger partial charge in [-0.3, -0.25) is 9.97 Å². The van der Waals surface area contributed by atoms with Crippen LogP contribution in [0.3, 0.4) is 0 Å². The number of amides is 2. The molecule has 1 saturated heterocycles. The summed E-state index contributed by atoms with van der Waals surface area (Å²) in [7, 11) is 1.79. The summed E-state index contributed by atoms with van der Waals surface area (Å²) >= 11 is 0. The highest BCUT2D eigenvalue weighted by Gasteiger charge is 2.45. The Balaban J connectivity index is 1.81. The number of carbonyl (C=O) groups excluding carboxylic acids is 1. The highest BCUT2D eigenvalue weighted by molar-refractivity contribution is 5.78. The molecule has 2 aromatic heterocycles. The van der Waals surface area contributed by atoms with E-state index in [1.807, 2.05) is 38.1 Å². The molecular weight excluding hydrogens is 288 g/mol. The fourth-order valence-electron chi connectivity index (χ4n) is 2.52. The van der Waals surface area contributed by atoms with Crippen LogP contribution in [-0.4, -0.2) is 33.5 Å². The lowest BCUT2D eigenvalue weighted by Gasteiger charge is -2.30. The average Bonchev–Trinajstić information content (AvgIpc) is 2.77. The van der Waals surface area contributed by atoms with E-state index in [0.29, 0.717) is 0 Å². The summed E-state index contributed by atoms with van der Waals surface area (Å²) in [6.45, 7) is 4.04. The van der Waals surface area contributed by atoms with Gasteiger partial charge in [0, 0.05) is 36.8 Å². The van der Waals surface area contributed by atoms with Gasteiger partial charge in [-0.1, -0.05) is 11.8 Å². The second-order valence-corrected chi connectivity index (χ2v) is 6.06. The first-order chi connectivity index (χ1) is 11.0. The number of urea groups is 1. The summed E-state index contributed by atoms with van der Waals surface area (Å²) in [5.74, 6) is 6.12. The SMILES string of the molecule is CN1C(=O)NC(c2ccc(C#Cc3cccnc3)cn2)C1(C)C. The molecular formula is C18H18N4O. The van der Waals surface area contributed by atoms with Crippen LogP contribution >= 0.6 is 0 Å². The minimum Gasteiger partial charge on any atom is -0.327 e. The van der Waals surface area contributed by atoms with Crippen LogP contribution in [-0.2, 0) is 0 Å². The molecule has 1 unspecified atom stereocenters. The summed E-state index contributed by atoms with van der Waals surface area (Å²) in [5, 5.41) is 2.97. The van der Waals surface area contributed by atoms with Crippen molar-refractivity contribution in [1.82, 2.24) is 20.2 Å². The lowest BCUT2D eigenvalue weighted by molar-refractivity contribution is 0.187. The largest absolute Gasteiger partial charge is 0.327 e. The lowest BCUT2D eigenvalue weighted by atomic mass is 9.92. The predicted molar refractivity (Wildman–Crippen MR) is 87.6 cm³/mol. The van der Waals surface area contributed by atoms with Crippen LogP contribution < -0.4 is 5.32 Å². The molecule has 1 aliphatic rings. The molecule has 3 heterocycles. The topological polar surface area (TPSA) is 58.1 Å². The molecule has 0 bridgehead atoms. The maximum atomic E-state index is 11.9. The third-order valence-corrected chi connectivity index (χ3v) is 4.24. The van der Waals surface area contributed by atoms with Crippen LogP contribution in [0.1, 0.15) is 36.7 Å². The van der Waals surface area contributed by atoms with Crippen molar-refractivity contribution < 1.29 is 4.79 Å². The minimum absolute atomic E-state index is 0.0813. The van der Waals surface area contributed by atoms with Crippen molar-refractivity contribution in [1.29, 1.82) is 0 Å². The van der Waals surface area contributed by atoms with Crippen molar-refractivity contribution in [3.8, 4) is 11.8 Å². The van der Waals surface area contributed by atoms with E-state index >= 15 is 0 Å². The smallest absolute Gasteiger partial charge is 0.318 e. The number of hydrogen-bond acceptors (Lipinski definition) is 3. The molecule has 1 aliphatic heterocycles. The van der Waals surface area contributed by atoms with Crippen LogP contribution in [0.25, 0.3) is 0 Å². The number of pyridine rings is 2. The molecule has 23 heavy (non-hydrogen) atoms. The van der Waals surface area contributed by atoms with Crippen LogP contribution in [0.5, 0.6) is 0 Å². The van der Waals surface area contributed by atoms with E-state index in [1.165, 1.54) is 0 Å². The van der Waals surface area contributed by atoms with Crippen molar-refractivity contribution in [2.75, 3.05) is 7.05 Å². The monoisotopic (exact) mass is 306 g/mol. The molecule has 0 aliphatic carbocycles. The minimum atomic E-state index is -0.326. The van der Waals surface area contributed by atoms with E-state index in [-0.39, 0.29) is 17.6 Å². The number of aromatic nitrogens is 2. The second-order valence-electron chi connectivity index (χ2n) is 6.06. The van der Waals surface area contributed by atoms with Gasteiger partial charge in [0.1, 0.15) is 0 Å². The van der Waals surface area contributed by atoms with Gasteiger partial charge in [0.15, 0.2) is 0 Å². The second kappa shape index (κ2) is 5.73. The molecule has 3 rings (SSSR count). The van der Waals surface area contributed by atoms with Gasteiger partial charge in [-0.05, 0) is 38.1 Å². The molecule has 0 radical (unpaired) electrons. The van der Waals surface area contributed by atoms with E-state index in [2.05, 4.69) is 27.1 Å². The molecule has 1 atom stereocenters. The number of rotatable bonds is 1. The quantitative estimate of drug-likeness (QED) is 0.823. The Morgan fingerprint density at radius 2 is 1.91 bits per heavy atom. The van der Waals surface area contributed by atoms with Gasteiger partial charge < -0.3 is 10.2 Å². The number of carbonyl (C=O) groups is 1. The lowest BCUT2D eigenvalue weighted by Crippen LogP contribution is -2.40. The Hall–Kier alpha value is -2.87. The fraction of sp³-hybridized carbons (Fsp3) is 0.278. The molecule has 0 aromatic carbocycles. The van der Waals surface area contributed by atoms with Crippen molar-refractivity contribution in [2.45, 2.75) is 25.4 Å². The van der Waals surface area contributed by atoms with Gasteiger partial charge in [-0.15, -0.1) is 0 Å². The zero-order chi connectivity index (χ0) is 16.4. The van der Waals surface area contributed by atoms with E-state index in [1.54, 1.807) is 30.5 Å². The number of hydrogen-bond donors (Lipinski definition) is 1. The third-order valence-electron chi connectivity index (χ3n) is 4.24. The maximum absolute atomic E-state index is 11.9. The van der Waals surface area contributed by atoms with E-state index in [0.717, 1.165) is 16.8 Å². The van der Waals surface area contributed by atoms with Gasteiger partial charge >= 0.3 is 6.03 Å². The third kappa shape index (κ3) is 2.88. The molecule has 2 amide bonds. The Morgan fingerprint density at radius 1 is 1.17 bits per heavy atom. The highest BCUT2D eigenvalue weighted by atomic mass is 16.2. The summed E-state index contributed by atoms with van der Waals surface area (Å²) in [6, 6.07) is 7.38. The Bertz CT molecular complexity index is 772. The zero-order valence-electron chi connectivity index (χ0n) is 13.4. The molecule has 116 valence electrons. The zero-order valence-corrected chi connectivity index (χ0v) is 13.4. The predicted octanol–water partition coefficient (Wildman–Crippen LogP) is 2.35. The van der Waals surface area contributed by atoms with E-state index in [9.17, 15) is 4.79 Å². The summed E-state index contributed by atoms with van der Waals surface area (Å²) < 4.78 is 0. The Kier molecular flexibility index (Phi) is 3.75. The highest BCUT2D eigenvalue weighted by Crippen LogP contribution is 2.34. The van der Waals surface area contributed by atoms with E-state index < -0.39 is 0 Å². The molecule has 2 aromatic rings. The molecule has 0 spiro atoms. The van der Waals surface area contributed by atoms with Crippen LogP contribution in [0.4, 0.5) is 4.79 Å². The Morgan fingerprint density at radius 3 is 2.43 bits per heavy atom. The summed E-state index contributed by atoms with van der Waals surface area (Å²) in [6.07, 6.45) is 5.18. The molecule has 1 fully saturated rings. The molecule has 5 heteroatoms. The van der Waals surface area contributed by atoms with Crippen molar-refractivity contribution in [3.63, 3.8) is 0 Å². The van der Waals surface area contributed by atoms with Gasteiger partial charge in [0.05, 0.1) is 17.3 Å². The van der Waals surface area contributed by atoms with Gasteiger partial charge in [-0.25, -0.2) is 4.79 Å². The van der Waals surface area contributed by atoms with Crippen LogP contribution in [0.15, 0.2) is 42.9 Å². The molecule has 1 N–H and O–H groups in total. The van der Waals surface area contributed by atoms with Gasteiger partial charge in [0.2, 0.25) is 0 Å². The average molecular weight is 306 g/mol. The maximum Gasteiger partial charge on any atom is 0.318 e. The number of nitrogens with zero attached hydrogens (tertiary/aromatic N) is 3. The summed E-state index contributed by atoms with van der Waals surface area (Å²) in [4.78, 5) is 22.1.